The average molecular weight is 310 g/mol. The van der Waals surface area contributed by atoms with Crippen molar-refractivity contribution in [1.29, 1.82) is 0 Å². The van der Waals surface area contributed by atoms with E-state index in [1.54, 1.807) is 0 Å². The third-order valence-electron chi connectivity index (χ3n) is 5.39. The molecule has 0 aromatic carbocycles. The quantitative estimate of drug-likeness (QED) is 0.793. The molecule has 2 aliphatic carbocycles. The van der Waals surface area contributed by atoms with Crippen LogP contribution in [-0.4, -0.2) is 42.8 Å². The van der Waals surface area contributed by atoms with Crippen molar-refractivity contribution >= 4 is 6.03 Å². The Kier molecular flexibility index (Phi) is 5.96. The zero-order valence-electron chi connectivity index (χ0n) is 13.6. The van der Waals surface area contributed by atoms with E-state index >= 15 is 0 Å². The van der Waals surface area contributed by atoms with E-state index in [1.807, 2.05) is 4.90 Å². The summed E-state index contributed by atoms with van der Waals surface area (Å²) < 4.78 is 6.05. The summed E-state index contributed by atoms with van der Waals surface area (Å²) in [5, 5.41) is 0. The van der Waals surface area contributed by atoms with Gasteiger partial charge < -0.3 is 9.64 Å². The van der Waals surface area contributed by atoms with Gasteiger partial charge >= 0.3 is 6.03 Å². The molecule has 1 heterocycles. The van der Waals surface area contributed by atoms with Crippen molar-refractivity contribution in [2.24, 2.45) is 5.92 Å². The summed E-state index contributed by atoms with van der Waals surface area (Å²) in [5.74, 6) is 0.779. The number of ether oxygens (including phenoxy) is 1. The molecule has 0 spiro atoms. The van der Waals surface area contributed by atoms with Crippen LogP contribution in [-0.2, 0) is 9.57 Å². The van der Waals surface area contributed by atoms with Crippen LogP contribution < -0.4 is 5.48 Å². The highest BCUT2D eigenvalue weighted by atomic mass is 16.7. The maximum absolute atomic E-state index is 12.1. The van der Waals surface area contributed by atoms with Crippen LogP contribution >= 0.6 is 0 Å². The smallest absolute Gasteiger partial charge is 0.341 e. The van der Waals surface area contributed by atoms with Gasteiger partial charge in [0.1, 0.15) is 0 Å². The molecule has 3 fully saturated rings. The first-order valence-electron chi connectivity index (χ1n) is 9.13. The van der Waals surface area contributed by atoms with Crippen LogP contribution in [0.25, 0.3) is 0 Å². The minimum Gasteiger partial charge on any atom is -0.378 e. The molecule has 0 aromatic rings. The molecule has 1 saturated heterocycles. The molecule has 0 radical (unpaired) electrons. The average Bonchev–Trinajstić information content (AvgIpc) is 3.24. The predicted octanol–water partition coefficient (Wildman–Crippen LogP) is 3.24. The maximum Gasteiger partial charge on any atom is 0.341 e. The molecule has 3 rings (SSSR count). The van der Waals surface area contributed by atoms with Crippen molar-refractivity contribution in [3.05, 3.63) is 0 Å². The summed E-state index contributed by atoms with van der Waals surface area (Å²) in [6, 6.07) is -0.0823. The number of hydroxylamine groups is 1. The Labute approximate surface area is 133 Å². The summed E-state index contributed by atoms with van der Waals surface area (Å²) in [6.45, 7) is 2.46. The Bertz CT molecular complexity index is 344. The first-order chi connectivity index (χ1) is 10.8. The summed E-state index contributed by atoms with van der Waals surface area (Å²) in [6.07, 6.45) is 12.4. The minimum absolute atomic E-state index is 0.0823. The lowest BCUT2D eigenvalue weighted by molar-refractivity contribution is -0.0235. The second-order valence-corrected chi connectivity index (χ2v) is 7.10. The summed E-state index contributed by atoms with van der Waals surface area (Å²) in [5.41, 5.74) is 2.63. The molecule has 1 N–H and O–H groups in total. The lowest BCUT2D eigenvalue weighted by atomic mass is 10.1. The number of amides is 2. The van der Waals surface area contributed by atoms with Crippen LogP contribution in [0.2, 0.25) is 0 Å². The van der Waals surface area contributed by atoms with Crippen LogP contribution in [0, 0.1) is 5.92 Å². The molecule has 126 valence electrons. The highest BCUT2D eigenvalue weighted by molar-refractivity contribution is 5.73. The number of rotatable bonds is 5. The second-order valence-electron chi connectivity index (χ2n) is 7.10. The number of hydrogen-bond donors (Lipinski definition) is 1. The third kappa shape index (κ3) is 4.59. The van der Waals surface area contributed by atoms with Crippen LogP contribution in [0.15, 0.2) is 0 Å². The second kappa shape index (κ2) is 8.16. The fourth-order valence-electron chi connectivity index (χ4n) is 3.88. The minimum atomic E-state index is -0.0823. The van der Waals surface area contributed by atoms with E-state index in [0.717, 1.165) is 51.3 Å². The molecule has 5 heteroatoms. The van der Waals surface area contributed by atoms with Crippen LogP contribution in [0.4, 0.5) is 4.79 Å². The third-order valence-corrected chi connectivity index (χ3v) is 5.39. The van der Waals surface area contributed by atoms with Gasteiger partial charge in [-0.3, -0.25) is 4.84 Å². The van der Waals surface area contributed by atoms with Gasteiger partial charge in [-0.15, -0.1) is 0 Å². The number of likely N-dealkylation sites (tertiary alicyclic amines) is 1. The SMILES string of the molecule is O=C(NOC1CCCC1)N1CCC(OCC2CCCC2)CC1. The van der Waals surface area contributed by atoms with Crippen molar-refractivity contribution in [2.45, 2.75) is 76.4 Å². The highest BCUT2D eigenvalue weighted by Crippen LogP contribution is 2.26. The lowest BCUT2D eigenvalue weighted by Crippen LogP contribution is -2.46. The molecule has 2 amide bonds. The van der Waals surface area contributed by atoms with Gasteiger partial charge in [0.15, 0.2) is 0 Å². The van der Waals surface area contributed by atoms with Gasteiger partial charge in [-0.1, -0.05) is 25.7 Å². The lowest BCUT2D eigenvalue weighted by Gasteiger charge is -2.32. The Morgan fingerprint density at radius 3 is 2.23 bits per heavy atom. The number of nitrogens with one attached hydrogen (secondary N) is 1. The molecule has 3 aliphatic rings. The molecule has 0 aromatic heterocycles. The summed E-state index contributed by atoms with van der Waals surface area (Å²) >= 11 is 0. The Morgan fingerprint density at radius 1 is 0.909 bits per heavy atom. The number of hydrogen-bond acceptors (Lipinski definition) is 3. The number of carbonyl (C=O) groups is 1. The first kappa shape index (κ1) is 16.1. The molecule has 5 nitrogen and oxygen atoms in total. The standard InChI is InChI=1S/C17H30N2O3/c20-17(18-22-16-7-3-4-8-16)19-11-9-15(10-12-19)21-13-14-5-1-2-6-14/h14-16H,1-13H2,(H,18,20). The van der Waals surface area contributed by atoms with Gasteiger partial charge in [0, 0.05) is 19.7 Å². The van der Waals surface area contributed by atoms with Crippen molar-refractivity contribution < 1.29 is 14.4 Å². The van der Waals surface area contributed by atoms with E-state index < -0.39 is 0 Å². The van der Waals surface area contributed by atoms with Crippen LogP contribution in [0.3, 0.4) is 0 Å². The van der Waals surface area contributed by atoms with Crippen molar-refractivity contribution in [2.75, 3.05) is 19.7 Å². The zero-order valence-corrected chi connectivity index (χ0v) is 13.6. The van der Waals surface area contributed by atoms with Gasteiger partial charge in [-0.25, -0.2) is 10.3 Å². The fourth-order valence-corrected chi connectivity index (χ4v) is 3.88. The van der Waals surface area contributed by atoms with Crippen molar-refractivity contribution in [3.8, 4) is 0 Å². The van der Waals surface area contributed by atoms with Gasteiger partial charge in [-0.05, 0) is 44.4 Å². The Hall–Kier alpha value is -0.810. The zero-order chi connectivity index (χ0) is 15.2. The molecule has 22 heavy (non-hydrogen) atoms. The number of urea groups is 1. The molecular formula is C17H30N2O3. The van der Waals surface area contributed by atoms with E-state index in [9.17, 15) is 4.79 Å². The molecule has 1 aliphatic heterocycles. The van der Waals surface area contributed by atoms with E-state index in [-0.39, 0.29) is 12.1 Å². The topological polar surface area (TPSA) is 50.8 Å². The molecule has 2 saturated carbocycles. The monoisotopic (exact) mass is 310 g/mol. The van der Waals surface area contributed by atoms with Crippen LogP contribution in [0.1, 0.15) is 64.2 Å². The van der Waals surface area contributed by atoms with Gasteiger partial charge in [0.25, 0.3) is 0 Å². The Morgan fingerprint density at radius 2 is 1.55 bits per heavy atom. The predicted molar refractivity (Wildman–Crippen MR) is 84.4 cm³/mol. The number of carbonyl (C=O) groups excluding carboxylic acids is 1. The van der Waals surface area contributed by atoms with Crippen molar-refractivity contribution in [3.63, 3.8) is 0 Å². The number of nitrogens with zero attached hydrogens (tertiary/aromatic N) is 1. The summed E-state index contributed by atoms with van der Waals surface area (Å²) in [7, 11) is 0. The van der Waals surface area contributed by atoms with Gasteiger partial charge in [0.05, 0.1) is 12.2 Å². The largest absolute Gasteiger partial charge is 0.378 e. The van der Waals surface area contributed by atoms with E-state index in [0.29, 0.717) is 6.10 Å². The number of piperidine rings is 1. The normalized spacial score (nSPS) is 25.0. The van der Waals surface area contributed by atoms with Gasteiger partial charge in [0.2, 0.25) is 0 Å². The molecular weight excluding hydrogens is 280 g/mol. The van der Waals surface area contributed by atoms with E-state index in [1.165, 1.54) is 38.5 Å². The highest BCUT2D eigenvalue weighted by Gasteiger charge is 2.25. The summed E-state index contributed by atoms with van der Waals surface area (Å²) in [4.78, 5) is 19.4. The fraction of sp³-hybridized carbons (Fsp3) is 0.941. The van der Waals surface area contributed by atoms with E-state index in [2.05, 4.69) is 5.48 Å². The maximum atomic E-state index is 12.1. The Balaban J connectivity index is 1.29. The van der Waals surface area contributed by atoms with Crippen LogP contribution in [0.5, 0.6) is 0 Å². The van der Waals surface area contributed by atoms with Gasteiger partial charge in [-0.2, -0.15) is 0 Å². The molecule has 0 unspecified atom stereocenters. The van der Waals surface area contributed by atoms with Crippen molar-refractivity contribution in [1.82, 2.24) is 10.4 Å². The van der Waals surface area contributed by atoms with E-state index in [4.69, 9.17) is 9.57 Å². The molecule has 0 bridgehead atoms. The first-order valence-corrected chi connectivity index (χ1v) is 9.13. The molecule has 0 atom stereocenters.